The number of anilines is 2. The highest BCUT2D eigenvalue weighted by molar-refractivity contribution is 9.10. The van der Waals surface area contributed by atoms with Gasteiger partial charge in [-0.2, -0.15) is 0 Å². The summed E-state index contributed by atoms with van der Waals surface area (Å²) in [4.78, 5) is 2.62. The summed E-state index contributed by atoms with van der Waals surface area (Å²) in [6.07, 6.45) is 0. The molecule has 0 amide bonds. The van der Waals surface area contributed by atoms with Gasteiger partial charge in [0.25, 0.3) is 0 Å². The van der Waals surface area contributed by atoms with Gasteiger partial charge in [-0.25, -0.2) is 0 Å². The fourth-order valence-electron chi connectivity index (χ4n) is 2.15. The lowest BCUT2D eigenvalue weighted by atomic mass is 10.1. The van der Waals surface area contributed by atoms with Gasteiger partial charge < -0.3 is 10.6 Å². The molecule has 2 aromatic carbocycles. The first-order chi connectivity index (χ1) is 9.52. The van der Waals surface area contributed by atoms with Crippen LogP contribution in [0.3, 0.4) is 0 Å². The largest absolute Gasteiger partial charge is 0.389 e. The highest BCUT2D eigenvalue weighted by Gasteiger charge is 2.14. The molecule has 2 N–H and O–H groups in total. The number of aryl methyl sites for hydroxylation is 1. The molecule has 20 heavy (non-hydrogen) atoms. The fourth-order valence-corrected chi connectivity index (χ4v) is 2.67. The van der Waals surface area contributed by atoms with Crippen molar-refractivity contribution in [2.24, 2.45) is 5.73 Å². The highest BCUT2D eigenvalue weighted by atomic mass is 79.9. The summed E-state index contributed by atoms with van der Waals surface area (Å²) in [6, 6.07) is 14.4. The number of hydrogen-bond donors (Lipinski definition) is 1. The first kappa shape index (κ1) is 15.0. The Morgan fingerprint density at radius 2 is 1.85 bits per heavy atom. The van der Waals surface area contributed by atoms with Gasteiger partial charge in [-0.3, -0.25) is 0 Å². The lowest BCUT2D eigenvalue weighted by Gasteiger charge is -2.26. The summed E-state index contributed by atoms with van der Waals surface area (Å²) in [7, 11) is 0. The Kier molecular flexibility index (Phi) is 4.78. The second kappa shape index (κ2) is 6.37. The molecule has 0 unspecified atom stereocenters. The van der Waals surface area contributed by atoms with Gasteiger partial charge in [0.2, 0.25) is 0 Å². The lowest BCUT2D eigenvalue weighted by molar-refractivity contribution is 1.02. The van der Waals surface area contributed by atoms with Gasteiger partial charge in [0.05, 0.1) is 5.69 Å². The normalized spacial score (nSPS) is 10.3. The molecule has 0 aliphatic carbocycles. The van der Waals surface area contributed by atoms with E-state index in [4.69, 9.17) is 18.0 Å². The van der Waals surface area contributed by atoms with Crippen LogP contribution in [-0.4, -0.2) is 11.5 Å². The van der Waals surface area contributed by atoms with E-state index >= 15 is 0 Å². The van der Waals surface area contributed by atoms with Gasteiger partial charge >= 0.3 is 0 Å². The fraction of sp³-hybridized carbons (Fsp3) is 0.188. The number of thiocarbonyl (C=S) groups is 1. The van der Waals surface area contributed by atoms with Crippen LogP contribution < -0.4 is 10.6 Å². The SMILES string of the molecule is CCN(c1ccc(C)cc1)c1cc(Br)ccc1C(N)=S. The van der Waals surface area contributed by atoms with Crippen LogP contribution in [0.15, 0.2) is 46.9 Å². The van der Waals surface area contributed by atoms with Crippen molar-refractivity contribution in [3.05, 3.63) is 58.1 Å². The van der Waals surface area contributed by atoms with E-state index in [2.05, 4.69) is 65.0 Å². The molecule has 0 aliphatic heterocycles. The minimum Gasteiger partial charge on any atom is -0.389 e. The molecular formula is C16H17BrN2S. The first-order valence-corrected chi connectivity index (χ1v) is 7.66. The second-order valence-electron chi connectivity index (χ2n) is 4.61. The van der Waals surface area contributed by atoms with Gasteiger partial charge in [-0.15, -0.1) is 0 Å². The predicted octanol–water partition coefficient (Wildman–Crippen LogP) is 4.55. The molecule has 0 saturated carbocycles. The summed E-state index contributed by atoms with van der Waals surface area (Å²) in [5.74, 6) is 0. The van der Waals surface area contributed by atoms with Crippen molar-refractivity contribution in [1.29, 1.82) is 0 Å². The quantitative estimate of drug-likeness (QED) is 0.821. The van der Waals surface area contributed by atoms with Crippen LogP contribution in [0.5, 0.6) is 0 Å². The number of hydrogen-bond acceptors (Lipinski definition) is 2. The Balaban J connectivity index is 2.53. The molecule has 0 heterocycles. The number of rotatable bonds is 4. The zero-order valence-electron chi connectivity index (χ0n) is 11.6. The van der Waals surface area contributed by atoms with Crippen molar-refractivity contribution in [2.45, 2.75) is 13.8 Å². The third-order valence-corrected chi connectivity index (χ3v) is 3.89. The summed E-state index contributed by atoms with van der Waals surface area (Å²) in [6.45, 7) is 5.04. The zero-order valence-corrected chi connectivity index (χ0v) is 14.0. The molecule has 2 nitrogen and oxygen atoms in total. The average molecular weight is 349 g/mol. The topological polar surface area (TPSA) is 29.3 Å². The Bertz CT molecular complexity index is 623. The number of halogens is 1. The van der Waals surface area contributed by atoms with Crippen LogP contribution in [-0.2, 0) is 0 Å². The van der Waals surface area contributed by atoms with Crippen LogP contribution in [0.1, 0.15) is 18.1 Å². The molecule has 0 spiro atoms. The lowest BCUT2D eigenvalue weighted by Crippen LogP contribution is -2.21. The summed E-state index contributed by atoms with van der Waals surface area (Å²) in [5.41, 5.74) is 10.1. The third-order valence-electron chi connectivity index (χ3n) is 3.18. The predicted molar refractivity (Wildman–Crippen MR) is 93.9 cm³/mol. The molecular weight excluding hydrogens is 332 g/mol. The van der Waals surface area contributed by atoms with Crippen molar-refractivity contribution < 1.29 is 0 Å². The first-order valence-electron chi connectivity index (χ1n) is 6.46. The van der Waals surface area contributed by atoms with Gasteiger partial charge in [0, 0.05) is 22.3 Å². The van der Waals surface area contributed by atoms with Crippen molar-refractivity contribution in [1.82, 2.24) is 0 Å². The van der Waals surface area contributed by atoms with Crippen molar-refractivity contribution >= 4 is 44.5 Å². The Hall–Kier alpha value is -1.39. The van der Waals surface area contributed by atoms with Gasteiger partial charge in [0.1, 0.15) is 4.99 Å². The van der Waals surface area contributed by atoms with Gasteiger partial charge in [-0.05, 0) is 44.2 Å². The van der Waals surface area contributed by atoms with E-state index < -0.39 is 0 Å². The minimum absolute atomic E-state index is 0.415. The maximum atomic E-state index is 5.85. The summed E-state index contributed by atoms with van der Waals surface area (Å²) < 4.78 is 1.01. The minimum atomic E-state index is 0.415. The van der Waals surface area contributed by atoms with Crippen LogP contribution in [0.4, 0.5) is 11.4 Å². The Labute approximate surface area is 133 Å². The van der Waals surface area contributed by atoms with Crippen molar-refractivity contribution in [3.63, 3.8) is 0 Å². The Morgan fingerprint density at radius 1 is 1.20 bits per heavy atom. The molecule has 104 valence electrons. The van der Waals surface area contributed by atoms with E-state index in [9.17, 15) is 0 Å². The zero-order chi connectivity index (χ0) is 14.7. The molecule has 4 heteroatoms. The number of nitrogens with zero attached hydrogens (tertiary/aromatic N) is 1. The van der Waals surface area contributed by atoms with E-state index in [0.717, 1.165) is 28.0 Å². The molecule has 0 aromatic heterocycles. The molecule has 2 aromatic rings. The monoisotopic (exact) mass is 348 g/mol. The van der Waals surface area contributed by atoms with E-state index in [-0.39, 0.29) is 0 Å². The van der Waals surface area contributed by atoms with E-state index in [1.165, 1.54) is 5.56 Å². The van der Waals surface area contributed by atoms with Crippen LogP contribution in [0, 0.1) is 6.92 Å². The van der Waals surface area contributed by atoms with E-state index in [1.807, 2.05) is 12.1 Å². The molecule has 0 bridgehead atoms. The average Bonchev–Trinajstić information content (AvgIpc) is 2.41. The van der Waals surface area contributed by atoms with E-state index in [0.29, 0.717) is 4.99 Å². The smallest absolute Gasteiger partial charge is 0.106 e. The second-order valence-corrected chi connectivity index (χ2v) is 5.96. The molecule has 0 radical (unpaired) electrons. The van der Waals surface area contributed by atoms with E-state index in [1.54, 1.807) is 0 Å². The van der Waals surface area contributed by atoms with Crippen LogP contribution in [0.25, 0.3) is 0 Å². The number of benzene rings is 2. The maximum absolute atomic E-state index is 5.85. The number of nitrogens with two attached hydrogens (primary N) is 1. The van der Waals surface area contributed by atoms with Crippen molar-refractivity contribution in [3.8, 4) is 0 Å². The molecule has 0 atom stereocenters. The molecule has 0 saturated heterocycles. The van der Waals surface area contributed by atoms with Crippen LogP contribution >= 0.6 is 28.1 Å². The molecule has 0 fully saturated rings. The maximum Gasteiger partial charge on any atom is 0.106 e. The third kappa shape index (κ3) is 3.19. The summed E-state index contributed by atoms with van der Waals surface area (Å²) >= 11 is 8.68. The van der Waals surface area contributed by atoms with Crippen molar-refractivity contribution in [2.75, 3.05) is 11.4 Å². The Morgan fingerprint density at radius 3 is 2.40 bits per heavy atom. The molecule has 2 rings (SSSR count). The van der Waals surface area contributed by atoms with Crippen LogP contribution in [0.2, 0.25) is 0 Å². The van der Waals surface area contributed by atoms with Gasteiger partial charge in [-0.1, -0.05) is 45.8 Å². The molecule has 0 aliphatic rings. The highest BCUT2D eigenvalue weighted by Crippen LogP contribution is 2.31. The van der Waals surface area contributed by atoms with Gasteiger partial charge in [0.15, 0.2) is 0 Å². The summed E-state index contributed by atoms with van der Waals surface area (Å²) in [5, 5.41) is 0. The standard InChI is InChI=1S/C16H17BrN2S/c1-3-19(13-7-4-11(2)5-8-13)15-10-12(17)6-9-14(15)16(18)20/h4-10H,3H2,1-2H3,(H2,18,20).